The Kier molecular flexibility index (Phi) is 4.46. The van der Waals surface area contributed by atoms with Crippen LogP contribution < -0.4 is 10.1 Å². The van der Waals surface area contributed by atoms with E-state index in [1.54, 1.807) is 14.0 Å². The summed E-state index contributed by atoms with van der Waals surface area (Å²) in [6, 6.07) is 7.03. The number of nitrogens with one attached hydrogen (secondary N) is 1. The van der Waals surface area contributed by atoms with Gasteiger partial charge in [-0.05, 0) is 74.8 Å². The van der Waals surface area contributed by atoms with Gasteiger partial charge in [0.25, 0.3) is 5.91 Å². The Hall–Kier alpha value is -2.37. The van der Waals surface area contributed by atoms with Gasteiger partial charge in [0.05, 0.1) is 13.7 Å². The maximum Gasteiger partial charge on any atom is 0.325 e. The number of carbonyl (C=O) groups excluding carboxylic acids is 3. The minimum absolute atomic E-state index is 0.0895. The van der Waals surface area contributed by atoms with Crippen molar-refractivity contribution in [2.45, 2.75) is 57.4 Å². The van der Waals surface area contributed by atoms with Gasteiger partial charge in [0.1, 0.15) is 11.3 Å². The van der Waals surface area contributed by atoms with Gasteiger partial charge in [0, 0.05) is 11.8 Å². The molecule has 4 bridgehead atoms. The van der Waals surface area contributed by atoms with Crippen molar-refractivity contribution in [3.8, 4) is 5.75 Å². The maximum atomic E-state index is 13.4. The van der Waals surface area contributed by atoms with Crippen molar-refractivity contribution in [1.29, 1.82) is 0 Å². The molecule has 1 saturated heterocycles. The average Bonchev–Trinajstić information content (AvgIpc) is 2.90. The molecule has 5 aliphatic rings. The van der Waals surface area contributed by atoms with Gasteiger partial charge < -0.3 is 10.1 Å². The fourth-order valence-corrected chi connectivity index (χ4v) is 7.00. The Morgan fingerprint density at radius 2 is 1.70 bits per heavy atom. The molecule has 4 saturated carbocycles. The first kappa shape index (κ1) is 19.6. The summed E-state index contributed by atoms with van der Waals surface area (Å²) < 4.78 is 5.40. The van der Waals surface area contributed by atoms with Gasteiger partial charge in [0.15, 0.2) is 5.78 Å². The van der Waals surface area contributed by atoms with E-state index in [4.69, 9.17) is 4.74 Å². The number of hydrogen-bond acceptors (Lipinski definition) is 4. The maximum absolute atomic E-state index is 13.4. The summed E-state index contributed by atoms with van der Waals surface area (Å²) in [5.74, 6) is 2.41. The van der Waals surface area contributed by atoms with Crippen LogP contribution in [0.25, 0.3) is 0 Å². The molecule has 1 aliphatic heterocycles. The Labute approximate surface area is 177 Å². The summed E-state index contributed by atoms with van der Waals surface area (Å²) in [7, 11) is 1.59. The lowest BCUT2D eigenvalue weighted by molar-refractivity contribution is -0.147. The van der Waals surface area contributed by atoms with E-state index < -0.39 is 11.6 Å². The van der Waals surface area contributed by atoms with E-state index >= 15 is 0 Å². The highest BCUT2D eigenvalue weighted by atomic mass is 16.5. The van der Waals surface area contributed by atoms with Crippen molar-refractivity contribution in [3.63, 3.8) is 0 Å². The van der Waals surface area contributed by atoms with Crippen LogP contribution in [0.3, 0.4) is 0 Å². The molecule has 6 heteroatoms. The van der Waals surface area contributed by atoms with Crippen molar-refractivity contribution in [1.82, 2.24) is 10.2 Å². The zero-order chi connectivity index (χ0) is 21.1. The third-order valence-corrected chi connectivity index (χ3v) is 8.01. The zero-order valence-electron chi connectivity index (χ0n) is 17.8. The highest BCUT2D eigenvalue weighted by Crippen LogP contribution is 2.60. The number of Topliss-reactive ketones (excluding diaryl/α,β-unsaturated/α-hetero) is 1. The predicted octanol–water partition coefficient (Wildman–Crippen LogP) is 3.33. The monoisotopic (exact) mass is 410 g/mol. The van der Waals surface area contributed by atoms with Crippen LogP contribution in [-0.2, 0) is 16.0 Å². The third-order valence-electron chi connectivity index (χ3n) is 8.01. The molecule has 0 unspecified atom stereocenters. The molecule has 1 aromatic carbocycles. The molecule has 4 aliphatic carbocycles. The molecule has 6 rings (SSSR count). The number of methoxy groups -OCH3 is 1. The largest absolute Gasteiger partial charge is 0.496 e. The third kappa shape index (κ3) is 3.03. The van der Waals surface area contributed by atoms with Crippen LogP contribution in [0.5, 0.6) is 5.75 Å². The Morgan fingerprint density at radius 3 is 2.30 bits per heavy atom. The summed E-state index contributed by atoms with van der Waals surface area (Å²) in [5, 5.41) is 2.84. The Bertz CT molecular complexity index is 875. The number of hydrogen-bond donors (Lipinski definition) is 1. The van der Waals surface area contributed by atoms with Crippen molar-refractivity contribution in [3.05, 3.63) is 29.8 Å². The predicted molar refractivity (Wildman–Crippen MR) is 111 cm³/mol. The van der Waals surface area contributed by atoms with Crippen LogP contribution in [-0.4, -0.2) is 41.8 Å². The lowest BCUT2D eigenvalue weighted by atomic mass is 9.48. The Morgan fingerprint density at radius 1 is 1.10 bits per heavy atom. The number of rotatable bonds is 6. The van der Waals surface area contributed by atoms with Gasteiger partial charge in [-0.25, -0.2) is 4.79 Å². The number of nitrogens with zero attached hydrogens (tertiary/aromatic N) is 1. The standard InChI is InChI=1S/C24H30N2O4/c1-23(13-18-5-3-4-6-19(18)30-2)21(28)26(22(29)25-23)14-20(27)24-10-15-7-16(11-24)9-17(8-15)12-24/h3-6,15-17H,7-14H2,1-2H3,(H,25,29)/t15?,16?,17?,23-,24?/m1/s1. The van der Waals surface area contributed by atoms with Crippen LogP contribution in [0, 0.1) is 23.2 Å². The molecule has 1 heterocycles. The van der Waals surface area contributed by atoms with E-state index in [9.17, 15) is 14.4 Å². The zero-order valence-corrected chi connectivity index (χ0v) is 17.8. The number of imide groups is 1. The number of ketones is 1. The molecule has 5 fully saturated rings. The lowest BCUT2D eigenvalue weighted by Gasteiger charge is -2.56. The molecular formula is C24H30N2O4. The molecule has 3 amide bonds. The van der Waals surface area contributed by atoms with E-state index in [2.05, 4.69) is 5.32 Å². The number of para-hydroxylation sites is 1. The molecule has 1 atom stereocenters. The van der Waals surface area contributed by atoms with E-state index in [0.29, 0.717) is 29.9 Å². The summed E-state index contributed by atoms with van der Waals surface area (Å²) in [4.78, 5) is 40.5. The van der Waals surface area contributed by atoms with Crippen molar-refractivity contribution < 1.29 is 19.1 Å². The SMILES string of the molecule is COc1ccccc1C[C@@]1(C)NC(=O)N(CC(=O)C23CC4CC(CC(C4)C2)C3)C1=O. The smallest absolute Gasteiger partial charge is 0.325 e. The molecule has 6 nitrogen and oxygen atoms in total. The molecular weight excluding hydrogens is 380 g/mol. The van der Waals surface area contributed by atoms with E-state index in [1.807, 2.05) is 24.3 Å². The second-order valence-electron chi connectivity index (χ2n) is 10.3. The minimum Gasteiger partial charge on any atom is -0.496 e. The highest BCUT2D eigenvalue weighted by Gasteiger charge is 2.56. The summed E-state index contributed by atoms with van der Waals surface area (Å²) in [6.45, 7) is 1.63. The quantitative estimate of drug-likeness (QED) is 0.730. The molecule has 30 heavy (non-hydrogen) atoms. The number of urea groups is 1. The topological polar surface area (TPSA) is 75.7 Å². The minimum atomic E-state index is -1.08. The van der Waals surface area contributed by atoms with Crippen molar-refractivity contribution in [2.75, 3.05) is 13.7 Å². The van der Waals surface area contributed by atoms with Gasteiger partial charge in [-0.3, -0.25) is 14.5 Å². The molecule has 160 valence electrons. The second kappa shape index (κ2) is 6.82. The van der Waals surface area contributed by atoms with Gasteiger partial charge in [-0.1, -0.05) is 18.2 Å². The highest BCUT2D eigenvalue weighted by molar-refractivity contribution is 6.09. The number of benzene rings is 1. The number of amides is 3. The molecule has 0 aromatic heterocycles. The second-order valence-corrected chi connectivity index (χ2v) is 10.3. The normalized spacial score (nSPS) is 36.9. The molecule has 0 radical (unpaired) electrons. The van der Waals surface area contributed by atoms with Gasteiger partial charge in [-0.15, -0.1) is 0 Å². The number of carbonyl (C=O) groups is 3. The first-order valence-electron chi connectivity index (χ1n) is 11.1. The van der Waals surface area contributed by atoms with Crippen LogP contribution in [0.15, 0.2) is 24.3 Å². The van der Waals surface area contributed by atoms with Gasteiger partial charge in [-0.2, -0.15) is 0 Å². The summed E-state index contributed by atoms with van der Waals surface area (Å²) in [6.07, 6.45) is 6.93. The van der Waals surface area contributed by atoms with Crippen LogP contribution >= 0.6 is 0 Å². The number of ether oxygens (including phenoxy) is 1. The summed E-state index contributed by atoms with van der Waals surface area (Å²) in [5.41, 5.74) is -0.532. The van der Waals surface area contributed by atoms with E-state index in [0.717, 1.165) is 29.7 Å². The summed E-state index contributed by atoms with van der Waals surface area (Å²) >= 11 is 0. The average molecular weight is 411 g/mol. The van der Waals surface area contributed by atoms with Crippen molar-refractivity contribution in [2.24, 2.45) is 23.2 Å². The fraction of sp³-hybridized carbons (Fsp3) is 0.625. The van der Waals surface area contributed by atoms with Gasteiger partial charge in [0.2, 0.25) is 0 Å². The fourth-order valence-electron chi connectivity index (χ4n) is 7.00. The molecule has 0 spiro atoms. The van der Waals surface area contributed by atoms with E-state index in [1.165, 1.54) is 19.3 Å². The van der Waals surface area contributed by atoms with Crippen LogP contribution in [0.2, 0.25) is 0 Å². The first-order valence-corrected chi connectivity index (χ1v) is 11.1. The van der Waals surface area contributed by atoms with E-state index in [-0.39, 0.29) is 23.7 Å². The molecule has 1 aromatic rings. The Balaban J connectivity index is 1.33. The lowest BCUT2D eigenvalue weighted by Crippen LogP contribution is -2.53. The van der Waals surface area contributed by atoms with Crippen LogP contribution in [0.1, 0.15) is 51.0 Å². The molecule has 1 N–H and O–H groups in total. The van der Waals surface area contributed by atoms with Crippen molar-refractivity contribution >= 4 is 17.7 Å². The first-order chi connectivity index (χ1) is 14.3. The van der Waals surface area contributed by atoms with Gasteiger partial charge >= 0.3 is 6.03 Å². The van der Waals surface area contributed by atoms with Crippen LogP contribution in [0.4, 0.5) is 4.79 Å².